The lowest BCUT2D eigenvalue weighted by molar-refractivity contribution is -0.276. The third kappa shape index (κ3) is 6.51. The summed E-state index contributed by atoms with van der Waals surface area (Å²) >= 11 is 0. The molecule has 3 N–H and O–H groups in total. The highest BCUT2D eigenvalue weighted by molar-refractivity contribution is 5.64. The first-order valence-electron chi connectivity index (χ1n) is 14.3. The molecule has 3 aromatic carbocycles. The minimum absolute atomic E-state index is 0.00716. The Morgan fingerprint density at radius 1 is 0.923 bits per heavy atom. The van der Waals surface area contributed by atoms with Gasteiger partial charge in [0, 0.05) is 37.2 Å². The summed E-state index contributed by atoms with van der Waals surface area (Å²) in [5.74, 6) is 0.160. The summed E-state index contributed by atoms with van der Waals surface area (Å²) in [4.78, 5) is 2.56. The first-order valence-corrected chi connectivity index (χ1v) is 14.3. The highest BCUT2D eigenvalue weighted by atomic mass is 16.7. The van der Waals surface area contributed by atoms with Crippen LogP contribution in [0.1, 0.15) is 67.3 Å². The zero-order valence-electron chi connectivity index (χ0n) is 23.0. The van der Waals surface area contributed by atoms with Crippen LogP contribution in [0.3, 0.4) is 0 Å². The van der Waals surface area contributed by atoms with Crippen molar-refractivity contribution in [1.82, 2.24) is 4.90 Å². The number of hydrogen-bond acceptors (Lipinski definition) is 5. The van der Waals surface area contributed by atoms with Gasteiger partial charge >= 0.3 is 0 Å². The van der Waals surface area contributed by atoms with Crippen LogP contribution >= 0.6 is 0 Å². The third-order valence-electron chi connectivity index (χ3n) is 8.42. The van der Waals surface area contributed by atoms with Gasteiger partial charge in [-0.15, -0.1) is 6.58 Å². The molecule has 39 heavy (non-hydrogen) atoms. The zero-order chi connectivity index (χ0) is 27.2. The topological polar surface area (TPSA) is 68.0 Å². The van der Waals surface area contributed by atoms with Crippen molar-refractivity contribution in [2.45, 2.75) is 70.3 Å². The van der Waals surface area contributed by atoms with E-state index in [9.17, 15) is 5.11 Å². The Labute approximate surface area is 233 Å². The van der Waals surface area contributed by atoms with E-state index in [2.05, 4.69) is 79.1 Å². The lowest BCUT2D eigenvalue weighted by atomic mass is 9.89. The number of nitrogens with two attached hydrogens (primary N) is 1. The van der Waals surface area contributed by atoms with Crippen molar-refractivity contribution in [1.29, 1.82) is 0 Å². The van der Waals surface area contributed by atoms with E-state index < -0.39 is 6.29 Å². The second-order valence-electron chi connectivity index (χ2n) is 11.0. The first-order chi connectivity index (χ1) is 19.1. The second kappa shape index (κ2) is 13.0. The fraction of sp³-hybridized carbons (Fsp3) is 0.412. The van der Waals surface area contributed by atoms with Gasteiger partial charge in [0.05, 0.1) is 18.8 Å². The van der Waals surface area contributed by atoms with Crippen LogP contribution in [0.5, 0.6) is 0 Å². The molecule has 0 amide bonds. The van der Waals surface area contributed by atoms with Crippen LogP contribution in [-0.4, -0.2) is 35.2 Å². The number of aliphatic hydroxyl groups is 1. The Morgan fingerprint density at radius 3 is 2.31 bits per heavy atom. The molecule has 1 saturated heterocycles. The summed E-state index contributed by atoms with van der Waals surface area (Å²) in [5.41, 5.74) is 12.3. The van der Waals surface area contributed by atoms with Gasteiger partial charge in [-0.1, -0.05) is 92.6 Å². The molecule has 0 radical (unpaired) electrons. The van der Waals surface area contributed by atoms with Crippen LogP contribution in [0.2, 0.25) is 0 Å². The molecule has 5 rings (SSSR count). The van der Waals surface area contributed by atoms with Crippen LogP contribution in [0.25, 0.3) is 11.1 Å². The summed E-state index contributed by atoms with van der Waals surface area (Å²) in [6.07, 6.45) is 6.53. The van der Waals surface area contributed by atoms with E-state index >= 15 is 0 Å². The van der Waals surface area contributed by atoms with Crippen molar-refractivity contribution in [2.24, 2.45) is 11.7 Å². The van der Waals surface area contributed by atoms with Crippen molar-refractivity contribution in [3.8, 4) is 11.1 Å². The Hall–Kier alpha value is -2.80. The quantitative estimate of drug-likeness (QED) is 0.294. The minimum Gasteiger partial charge on any atom is -0.392 e. The first kappa shape index (κ1) is 27.8. The van der Waals surface area contributed by atoms with E-state index in [0.29, 0.717) is 12.6 Å². The number of aliphatic hydroxyl groups excluding tert-OH is 1. The zero-order valence-corrected chi connectivity index (χ0v) is 23.0. The van der Waals surface area contributed by atoms with E-state index in [-0.39, 0.29) is 24.7 Å². The smallest absolute Gasteiger partial charge is 0.184 e. The molecule has 1 heterocycles. The molecule has 206 valence electrons. The number of benzene rings is 3. The van der Waals surface area contributed by atoms with Gasteiger partial charge in [-0.05, 0) is 46.7 Å². The number of hydrogen-bond donors (Lipinski definition) is 2. The molecule has 4 atom stereocenters. The molecule has 0 spiro atoms. The van der Waals surface area contributed by atoms with E-state index in [1.54, 1.807) is 0 Å². The number of nitrogens with zero attached hydrogens (tertiary/aromatic N) is 1. The van der Waals surface area contributed by atoms with Gasteiger partial charge in [0.25, 0.3) is 0 Å². The van der Waals surface area contributed by atoms with Crippen molar-refractivity contribution in [3.05, 3.63) is 108 Å². The molecule has 1 aliphatic carbocycles. The normalized spacial score (nSPS) is 23.8. The predicted molar refractivity (Wildman–Crippen MR) is 157 cm³/mol. The van der Waals surface area contributed by atoms with Crippen LogP contribution in [0.4, 0.5) is 0 Å². The molecule has 5 nitrogen and oxygen atoms in total. The van der Waals surface area contributed by atoms with E-state index in [4.69, 9.17) is 15.2 Å². The molecule has 2 fully saturated rings. The van der Waals surface area contributed by atoms with Crippen LogP contribution in [-0.2, 0) is 22.6 Å². The monoisotopic (exact) mass is 526 g/mol. The summed E-state index contributed by atoms with van der Waals surface area (Å²) in [6, 6.07) is 25.6. The molecule has 4 unspecified atom stereocenters. The molecule has 1 saturated carbocycles. The Bertz CT molecular complexity index is 1200. The van der Waals surface area contributed by atoms with Crippen molar-refractivity contribution < 1.29 is 14.6 Å². The lowest BCUT2D eigenvalue weighted by Gasteiger charge is -2.43. The van der Waals surface area contributed by atoms with Crippen molar-refractivity contribution in [3.63, 3.8) is 0 Å². The minimum atomic E-state index is -0.465. The fourth-order valence-corrected chi connectivity index (χ4v) is 6.08. The Balaban J connectivity index is 1.41. The molecule has 0 aromatic heterocycles. The Morgan fingerprint density at radius 2 is 1.64 bits per heavy atom. The summed E-state index contributed by atoms with van der Waals surface area (Å²) in [6.45, 7) is 8.56. The predicted octanol–water partition coefficient (Wildman–Crippen LogP) is 6.53. The van der Waals surface area contributed by atoms with E-state index in [0.717, 1.165) is 46.5 Å². The standard InChI is InChI=1S/C34H42N2O3/c1-3-19-36(31-9-4-5-10-31)22-32-24(2)33(28-13-11-25(23-37)12-14-28)39-34(38-32)29-17-15-27(16-18-29)30-8-6-7-26(20-30)21-35/h3,6-8,11-18,20,24,31-34,37H,1,4-5,9-10,19,21-23,35H2,2H3. The molecule has 5 heteroatoms. The van der Waals surface area contributed by atoms with Gasteiger partial charge in [0.2, 0.25) is 0 Å². The molecule has 3 aromatic rings. The maximum Gasteiger partial charge on any atom is 0.184 e. The fourth-order valence-electron chi connectivity index (χ4n) is 6.08. The molecule has 1 aliphatic heterocycles. The second-order valence-corrected chi connectivity index (χ2v) is 11.0. The average Bonchev–Trinajstić information content (AvgIpc) is 3.53. The highest BCUT2D eigenvalue weighted by Gasteiger charge is 2.40. The molecule has 0 bridgehead atoms. The average molecular weight is 527 g/mol. The number of ether oxygens (including phenoxy) is 2. The number of rotatable bonds is 10. The van der Waals surface area contributed by atoms with Crippen LogP contribution in [0.15, 0.2) is 85.5 Å². The van der Waals surface area contributed by atoms with E-state index in [1.165, 1.54) is 25.7 Å². The lowest BCUT2D eigenvalue weighted by Crippen LogP contribution is -2.47. The molecule has 2 aliphatic rings. The Kier molecular flexibility index (Phi) is 9.28. The van der Waals surface area contributed by atoms with Gasteiger partial charge < -0.3 is 20.3 Å². The van der Waals surface area contributed by atoms with Gasteiger partial charge in [-0.25, -0.2) is 0 Å². The summed E-state index contributed by atoms with van der Waals surface area (Å²) in [7, 11) is 0. The maximum atomic E-state index is 9.54. The van der Waals surface area contributed by atoms with Gasteiger partial charge in [0.1, 0.15) is 0 Å². The van der Waals surface area contributed by atoms with Crippen LogP contribution in [0, 0.1) is 5.92 Å². The van der Waals surface area contributed by atoms with Gasteiger partial charge in [0.15, 0.2) is 6.29 Å². The maximum absolute atomic E-state index is 9.54. The third-order valence-corrected chi connectivity index (χ3v) is 8.42. The molecular formula is C34H42N2O3. The highest BCUT2D eigenvalue weighted by Crippen LogP contribution is 2.42. The SMILES string of the molecule is C=CCN(CC1OC(c2ccc(-c3cccc(CN)c3)cc2)OC(c2ccc(CO)cc2)C1C)C1CCCC1. The van der Waals surface area contributed by atoms with Crippen molar-refractivity contribution >= 4 is 0 Å². The van der Waals surface area contributed by atoms with E-state index in [1.807, 2.05) is 18.2 Å². The van der Waals surface area contributed by atoms with Gasteiger partial charge in [-0.3, -0.25) is 4.90 Å². The molecular weight excluding hydrogens is 484 g/mol. The summed E-state index contributed by atoms with van der Waals surface area (Å²) in [5, 5.41) is 9.54. The largest absolute Gasteiger partial charge is 0.392 e. The summed E-state index contributed by atoms with van der Waals surface area (Å²) < 4.78 is 13.4. The van der Waals surface area contributed by atoms with Crippen molar-refractivity contribution in [2.75, 3.05) is 13.1 Å². The van der Waals surface area contributed by atoms with Gasteiger partial charge in [-0.2, -0.15) is 0 Å². The van der Waals surface area contributed by atoms with Crippen LogP contribution < -0.4 is 5.73 Å².